The van der Waals surface area contributed by atoms with Gasteiger partial charge >= 0.3 is 0 Å². The highest BCUT2D eigenvalue weighted by atomic mass is 15.0. The van der Waals surface area contributed by atoms with Crippen molar-refractivity contribution in [2.75, 3.05) is 19.6 Å². The van der Waals surface area contributed by atoms with Crippen molar-refractivity contribution in [1.82, 2.24) is 10.6 Å². The number of nitrogens with one attached hydrogen (secondary N) is 2. The SMILES string of the molecule is C1CC[C@H]2CCNC[C@@H]2NC1. The Kier molecular flexibility index (Phi) is 2.44. The number of fused-ring (bicyclic) bond motifs is 1. The van der Waals surface area contributed by atoms with E-state index in [1.165, 1.54) is 45.3 Å². The van der Waals surface area contributed by atoms with Crippen LogP contribution < -0.4 is 10.6 Å². The summed E-state index contributed by atoms with van der Waals surface area (Å²) in [4.78, 5) is 0. The number of piperidine rings is 1. The zero-order valence-corrected chi connectivity index (χ0v) is 7.10. The second-order valence-corrected chi connectivity index (χ2v) is 3.81. The van der Waals surface area contributed by atoms with Gasteiger partial charge in [-0.2, -0.15) is 0 Å². The van der Waals surface area contributed by atoms with Gasteiger partial charge in [-0.05, 0) is 38.3 Å². The lowest BCUT2D eigenvalue weighted by molar-refractivity contribution is 0.283. The van der Waals surface area contributed by atoms with Crippen LogP contribution in [0.25, 0.3) is 0 Å². The summed E-state index contributed by atoms with van der Waals surface area (Å²) in [5.41, 5.74) is 0. The van der Waals surface area contributed by atoms with E-state index in [0.29, 0.717) is 0 Å². The number of hydrogen-bond acceptors (Lipinski definition) is 2. The van der Waals surface area contributed by atoms with Crippen molar-refractivity contribution in [3.8, 4) is 0 Å². The average Bonchev–Trinajstić information content (AvgIpc) is 2.28. The zero-order chi connectivity index (χ0) is 7.52. The highest BCUT2D eigenvalue weighted by molar-refractivity contribution is 4.85. The van der Waals surface area contributed by atoms with E-state index in [1.54, 1.807) is 0 Å². The molecule has 0 unspecified atom stereocenters. The van der Waals surface area contributed by atoms with Crippen molar-refractivity contribution in [1.29, 1.82) is 0 Å². The van der Waals surface area contributed by atoms with Crippen LogP contribution in [-0.4, -0.2) is 25.7 Å². The molecule has 2 rings (SSSR count). The van der Waals surface area contributed by atoms with E-state index in [-0.39, 0.29) is 0 Å². The van der Waals surface area contributed by atoms with Crippen molar-refractivity contribution in [3.05, 3.63) is 0 Å². The first-order chi connectivity index (χ1) is 5.47. The molecule has 2 fully saturated rings. The molecule has 0 radical (unpaired) electrons. The highest BCUT2D eigenvalue weighted by Crippen LogP contribution is 2.21. The zero-order valence-electron chi connectivity index (χ0n) is 7.10. The van der Waals surface area contributed by atoms with Gasteiger partial charge in [0.15, 0.2) is 0 Å². The molecule has 2 nitrogen and oxygen atoms in total. The first-order valence-electron chi connectivity index (χ1n) is 4.91. The molecule has 0 aliphatic carbocycles. The van der Waals surface area contributed by atoms with Crippen LogP contribution in [0, 0.1) is 5.92 Å². The van der Waals surface area contributed by atoms with Crippen LogP contribution >= 0.6 is 0 Å². The Morgan fingerprint density at radius 3 is 3.00 bits per heavy atom. The van der Waals surface area contributed by atoms with Gasteiger partial charge in [0, 0.05) is 12.6 Å². The molecule has 0 amide bonds. The van der Waals surface area contributed by atoms with Gasteiger partial charge in [-0.1, -0.05) is 6.42 Å². The third kappa shape index (κ3) is 1.74. The summed E-state index contributed by atoms with van der Waals surface area (Å²) < 4.78 is 0. The smallest absolute Gasteiger partial charge is 0.0221 e. The molecule has 2 saturated heterocycles. The minimum Gasteiger partial charge on any atom is -0.315 e. The monoisotopic (exact) mass is 154 g/mol. The second-order valence-electron chi connectivity index (χ2n) is 3.81. The van der Waals surface area contributed by atoms with Crippen molar-refractivity contribution in [2.24, 2.45) is 5.92 Å². The Morgan fingerprint density at radius 1 is 1.00 bits per heavy atom. The van der Waals surface area contributed by atoms with Crippen LogP contribution in [0.3, 0.4) is 0 Å². The molecule has 2 aliphatic rings. The van der Waals surface area contributed by atoms with Gasteiger partial charge in [0.25, 0.3) is 0 Å². The minimum atomic E-state index is 0.784. The fraction of sp³-hybridized carbons (Fsp3) is 1.00. The summed E-state index contributed by atoms with van der Waals surface area (Å²) >= 11 is 0. The summed E-state index contributed by atoms with van der Waals surface area (Å²) in [6.45, 7) is 3.68. The topological polar surface area (TPSA) is 24.1 Å². The molecule has 0 saturated carbocycles. The van der Waals surface area contributed by atoms with E-state index >= 15 is 0 Å². The fourth-order valence-electron chi connectivity index (χ4n) is 2.32. The molecule has 0 spiro atoms. The Bertz CT molecular complexity index is 111. The maximum absolute atomic E-state index is 3.62. The third-order valence-corrected chi connectivity index (χ3v) is 3.03. The lowest BCUT2D eigenvalue weighted by Gasteiger charge is -2.30. The standard InChI is InChI=1S/C9H18N2/c1-2-5-11-9-7-10-6-4-8(9)3-1/h8-11H,1-7H2/t8-,9-/m0/s1. The van der Waals surface area contributed by atoms with E-state index < -0.39 is 0 Å². The van der Waals surface area contributed by atoms with Gasteiger partial charge in [0.05, 0.1) is 0 Å². The molecule has 0 aromatic carbocycles. The molecule has 2 heterocycles. The van der Waals surface area contributed by atoms with Gasteiger partial charge in [0.1, 0.15) is 0 Å². The maximum atomic E-state index is 3.62. The molecular weight excluding hydrogens is 136 g/mol. The minimum absolute atomic E-state index is 0.784. The van der Waals surface area contributed by atoms with Crippen LogP contribution in [0.5, 0.6) is 0 Å². The third-order valence-electron chi connectivity index (χ3n) is 3.03. The molecule has 0 aromatic heterocycles. The first kappa shape index (κ1) is 7.56. The Morgan fingerprint density at radius 2 is 2.00 bits per heavy atom. The predicted molar refractivity (Wildman–Crippen MR) is 46.6 cm³/mol. The van der Waals surface area contributed by atoms with Gasteiger partial charge in [-0.25, -0.2) is 0 Å². The second kappa shape index (κ2) is 3.55. The van der Waals surface area contributed by atoms with E-state index in [4.69, 9.17) is 0 Å². The van der Waals surface area contributed by atoms with Crippen LogP contribution in [0.1, 0.15) is 25.7 Å². The Hall–Kier alpha value is -0.0800. The van der Waals surface area contributed by atoms with E-state index in [9.17, 15) is 0 Å². The lowest BCUT2D eigenvalue weighted by atomic mass is 9.89. The van der Waals surface area contributed by atoms with Crippen molar-refractivity contribution in [3.63, 3.8) is 0 Å². The summed E-state index contributed by atoms with van der Waals surface area (Å²) in [7, 11) is 0. The van der Waals surface area contributed by atoms with Crippen molar-refractivity contribution >= 4 is 0 Å². The molecule has 11 heavy (non-hydrogen) atoms. The largest absolute Gasteiger partial charge is 0.315 e. The molecule has 2 heteroatoms. The van der Waals surface area contributed by atoms with E-state index in [0.717, 1.165) is 12.0 Å². The summed E-state index contributed by atoms with van der Waals surface area (Å²) in [6.07, 6.45) is 5.66. The average molecular weight is 154 g/mol. The molecule has 2 aliphatic heterocycles. The van der Waals surface area contributed by atoms with Crippen LogP contribution in [0.15, 0.2) is 0 Å². The maximum Gasteiger partial charge on any atom is 0.0221 e. The summed E-state index contributed by atoms with van der Waals surface area (Å²) in [5, 5.41) is 7.07. The van der Waals surface area contributed by atoms with Gasteiger partial charge < -0.3 is 10.6 Å². The summed E-state index contributed by atoms with van der Waals surface area (Å²) in [6, 6.07) is 0.784. The van der Waals surface area contributed by atoms with E-state index in [1.807, 2.05) is 0 Å². The highest BCUT2D eigenvalue weighted by Gasteiger charge is 2.25. The molecule has 0 aromatic rings. The number of rotatable bonds is 0. The number of hydrogen-bond donors (Lipinski definition) is 2. The van der Waals surface area contributed by atoms with Crippen LogP contribution in [-0.2, 0) is 0 Å². The molecule has 2 atom stereocenters. The molecule has 2 N–H and O–H groups in total. The lowest BCUT2D eigenvalue weighted by Crippen LogP contribution is -2.48. The van der Waals surface area contributed by atoms with Crippen LogP contribution in [0.2, 0.25) is 0 Å². The molecular formula is C9H18N2. The predicted octanol–water partition coefficient (Wildman–Crippen LogP) is 0.738. The molecule has 0 bridgehead atoms. The normalized spacial score (nSPS) is 39.3. The van der Waals surface area contributed by atoms with Gasteiger partial charge in [0.2, 0.25) is 0 Å². The summed E-state index contributed by atoms with van der Waals surface area (Å²) in [5.74, 6) is 0.971. The Balaban J connectivity index is 1.93. The van der Waals surface area contributed by atoms with Crippen LogP contribution in [0.4, 0.5) is 0 Å². The quantitative estimate of drug-likeness (QED) is 0.538. The van der Waals surface area contributed by atoms with E-state index in [2.05, 4.69) is 10.6 Å². The van der Waals surface area contributed by atoms with Crippen molar-refractivity contribution in [2.45, 2.75) is 31.7 Å². The van der Waals surface area contributed by atoms with Crippen molar-refractivity contribution < 1.29 is 0 Å². The first-order valence-corrected chi connectivity index (χ1v) is 4.91. The van der Waals surface area contributed by atoms with Gasteiger partial charge in [-0.3, -0.25) is 0 Å². The van der Waals surface area contributed by atoms with Gasteiger partial charge in [-0.15, -0.1) is 0 Å². The fourth-order valence-corrected chi connectivity index (χ4v) is 2.32. The Labute approximate surface area is 68.7 Å². The molecule has 64 valence electrons.